The smallest absolute Gasteiger partial charge is 0.340 e. The molecule has 0 aromatic heterocycles. The zero-order valence-electron chi connectivity index (χ0n) is 12.6. The lowest BCUT2D eigenvalue weighted by Gasteiger charge is -2.09. The van der Waals surface area contributed by atoms with Gasteiger partial charge in [0, 0.05) is 22.3 Å². The largest absolute Gasteiger partial charge is 0.508 e. The van der Waals surface area contributed by atoms with Crippen molar-refractivity contribution in [3.05, 3.63) is 56.5 Å². The molecule has 0 aliphatic heterocycles. The Hall–Kier alpha value is -3.14. The monoisotopic (exact) mass is 409 g/mol. The Morgan fingerprint density at radius 3 is 2.64 bits per heavy atom. The first-order chi connectivity index (χ1) is 11.8. The third-order valence-electron chi connectivity index (χ3n) is 3.03. The number of non-ortho nitro benzene ring substituents is 1. The number of nitrogens with two attached hydrogens (primary N) is 1. The maximum absolute atomic E-state index is 11.9. The molecule has 0 unspecified atom stereocenters. The molecular weight excluding hydrogens is 398 g/mol. The molecule has 0 aliphatic rings. The summed E-state index contributed by atoms with van der Waals surface area (Å²) in [6, 6.07) is 7.57. The third-order valence-corrected chi connectivity index (χ3v) is 3.68. The van der Waals surface area contributed by atoms with Crippen LogP contribution < -0.4 is 11.1 Å². The lowest BCUT2D eigenvalue weighted by Crippen LogP contribution is -2.21. The lowest BCUT2D eigenvalue weighted by molar-refractivity contribution is -0.384. The quantitative estimate of drug-likeness (QED) is 0.226. The van der Waals surface area contributed by atoms with Gasteiger partial charge in [0.25, 0.3) is 11.6 Å². The fourth-order valence-electron chi connectivity index (χ4n) is 1.84. The number of esters is 1. The van der Waals surface area contributed by atoms with Crippen LogP contribution in [0, 0.1) is 10.1 Å². The predicted octanol–water partition coefficient (Wildman–Crippen LogP) is 2.44. The van der Waals surface area contributed by atoms with Crippen LogP contribution in [-0.2, 0) is 9.53 Å². The number of nitrogen functional groups attached to an aromatic ring is 1. The molecule has 2 aromatic carbocycles. The number of hydrogen-bond donors (Lipinski definition) is 3. The van der Waals surface area contributed by atoms with E-state index in [4.69, 9.17) is 10.5 Å². The predicted molar refractivity (Wildman–Crippen MR) is 92.2 cm³/mol. The van der Waals surface area contributed by atoms with E-state index in [1.165, 1.54) is 30.3 Å². The number of amides is 1. The Bertz CT molecular complexity index is 855. The first-order valence-electron chi connectivity index (χ1n) is 6.77. The van der Waals surface area contributed by atoms with E-state index < -0.39 is 23.4 Å². The molecule has 2 aromatic rings. The number of halogens is 1. The van der Waals surface area contributed by atoms with Gasteiger partial charge in [0.2, 0.25) is 0 Å². The number of phenolic OH excluding ortho intramolecular Hbond substituents is 1. The molecule has 0 heterocycles. The number of carbonyl (C=O) groups is 2. The van der Waals surface area contributed by atoms with Crippen LogP contribution in [0.2, 0.25) is 0 Å². The first kappa shape index (κ1) is 18.2. The number of rotatable bonds is 5. The summed E-state index contributed by atoms with van der Waals surface area (Å²) in [7, 11) is 0. The summed E-state index contributed by atoms with van der Waals surface area (Å²) >= 11 is 3.11. The van der Waals surface area contributed by atoms with Crippen molar-refractivity contribution in [1.82, 2.24) is 0 Å². The van der Waals surface area contributed by atoms with Gasteiger partial charge in [-0.05, 0) is 40.2 Å². The minimum atomic E-state index is -0.869. The van der Waals surface area contributed by atoms with Gasteiger partial charge in [0.05, 0.1) is 16.2 Å². The summed E-state index contributed by atoms with van der Waals surface area (Å²) in [6.45, 7) is -0.600. The van der Waals surface area contributed by atoms with Gasteiger partial charge in [-0.15, -0.1) is 0 Å². The Morgan fingerprint density at radius 2 is 2.00 bits per heavy atom. The molecule has 0 fully saturated rings. The number of nitro groups is 1. The average Bonchev–Trinajstić information content (AvgIpc) is 2.56. The number of ether oxygens (including phenoxy) is 1. The number of aromatic hydroxyl groups is 1. The molecule has 130 valence electrons. The molecule has 0 aliphatic carbocycles. The van der Waals surface area contributed by atoms with Crippen LogP contribution in [0.4, 0.5) is 17.1 Å². The molecule has 1 amide bonds. The molecule has 0 saturated heterocycles. The van der Waals surface area contributed by atoms with Crippen molar-refractivity contribution in [3.63, 3.8) is 0 Å². The van der Waals surface area contributed by atoms with Gasteiger partial charge in [0.15, 0.2) is 6.61 Å². The highest BCUT2D eigenvalue weighted by atomic mass is 79.9. The van der Waals surface area contributed by atoms with Crippen molar-refractivity contribution in [3.8, 4) is 5.75 Å². The van der Waals surface area contributed by atoms with Gasteiger partial charge in [-0.3, -0.25) is 14.9 Å². The summed E-state index contributed by atoms with van der Waals surface area (Å²) in [4.78, 5) is 33.8. The zero-order chi connectivity index (χ0) is 18.6. The van der Waals surface area contributed by atoms with E-state index >= 15 is 0 Å². The SMILES string of the molecule is Nc1ccc(O)cc1C(=O)OCC(=O)Nc1ccc([N+](=O)[O-])cc1Br. The maximum atomic E-state index is 11.9. The second-order valence-electron chi connectivity index (χ2n) is 4.82. The van der Waals surface area contributed by atoms with Gasteiger partial charge in [-0.25, -0.2) is 4.79 Å². The van der Waals surface area contributed by atoms with Crippen LogP contribution in [0.15, 0.2) is 40.9 Å². The summed E-state index contributed by atoms with van der Waals surface area (Å²) in [5, 5.41) is 22.5. The van der Waals surface area contributed by atoms with E-state index in [-0.39, 0.29) is 28.4 Å². The summed E-state index contributed by atoms with van der Waals surface area (Å²) in [5.41, 5.74) is 5.78. The summed E-state index contributed by atoms with van der Waals surface area (Å²) in [5.74, 6) is -1.69. The Kier molecular flexibility index (Phi) is 5.55. The maximum Gasteiger partial charge on any atom is 0.340 e. The van der Waals surface area contributed by atoms with E-state index in [1.807, 2.05) is 0 Å². The van der Waals surface area contributed by atoms with Gasteiger partial charge in [-0.1, -0.05) is 0 Å². The highest BCUT2D eigenvalue weighted by Crippen LogP contribution is 2.27. The van der Waals surface area contributed by atoms with Crippen molar-refractivity contribution in [1.29, 1.82) is 0 Å². The molecule has 9 nitrogen and oxygen atoms in total. The number of hydrogen-bond acceptors (Lipinski definition) is 7. The van der Waals surface area contributed by atoms with Crippen LogP contribution in [0.25, 0.3) is 0 Å². The Labute approximate surface area is 149 Å². The number of benzene rings is 2. The number of nitrogens with zero attached hydrogens (tertiary/aromatic N) is 1. The molecule has 0 radical (unpaired) electrons. The Morgan fingerprint density at radius 1 is 1.28 bits per heavy atom. The third kappa shape index (κ3) is 4.67. The van der Waals surface area contributed by atoms with Gasteiger partial charge < -0.3 is 20.9 Å². The summed E-state index contributed by atoms with van der Waals surface area (Å²) in [6.07, 6.45) is 0. The van der Waals surface area contributed by atoms with E-state index in [9.17, 15) is 24.8 Å². The average molecular weight is 410 g/mol. The molecular formula is C15H12BrN3O6. The van der Waals surface area contributed by atoms with Gasteiger partial charge in [-0.2, -0.15) is 0 Å². The summed E-state index contributed by atoms with van der Waals surface area (Å²) < 4.78 is 5.14. The van der Waals surface area contributed by atoms with Crippen LogP contribution in [0.5, 0.6) is 5.75 Å². The standard InChI is InChI=1S/C15H12BrN3O6/c16-11-5-8(19(23)24)1-4-13(11)18-14(21)7-25-15(22)10-6-9(20)2-3-12(10)17/h1-6,20H,7,17H2,(H,18,21). The van der Waals surface area contributed by atoms with Crippen LogP contribution >= 0.6 is 15.9 Å². The fraction of sp³-hybridized carbons (Fsp3) is 0.0667. The molecule has 10 heteroatoms. The zero-order valence-corrected chi connectivity index (χ0v) is 14.1. The molecule has 2 rings (SSSR count). The highest BCUT2D eigenvalue weighted by Gasteiger charge is 2.15. The number of phenols is 1. The van der Waals surface area contributed by atoms with E-state index in [2.05, 4.69) is 21.2 Å². The van der Waals surface area contributed by atoms with Crippen molar-refractivity contribution >= 4 is 44.9 Å². The molecule has 0 saturated carbocycles. The van der Waals surface area contributed by atoms with Crippen molar-refractivity contribution in [2.24, 2.45) is 0 Å². The minimum Gasteiger partial charge on any atom is -0.508 e. The second kappa shape index (κ2) is 7.62. The lowest BCUT2D eigenvalue weighted by atomic mass is 10.2. The van der Waals surface area contributed by atoms with E-state index in [1.54, 1.807) is 0 Å². The number of nitro benzene ring substituents is 1. The second-order valence-corrected chi connectivity index (χ2v) is 5.67. The van der Waals surface area contributed by atoms with E-state index in [0.717, 1.165) is 6.07 Å². The highest BCUT2D eigenvalue weighted by molar-refractivity contribution is 9.10. The van der Waals surface area contributed by atoms with Crippen molar-refractivity contribution < 1.29 is 24.4 Å². The van der Waals surface area contributed by atoms with Crippen LogP contribution in [0.1, 0.15) is 10.4 Å². The fourth-order valence-corrected chi connectivity index (χ4v) is 2.30. The normalized spacial score (nSPS) is 10.1. The number of anilines is 2. The van der Waals surface area contributed by atoms with Gasteiger partial charge >= 0.3 is 5.97 Å². The first-order valence-corrected chi connectivity index (χ1v) is 7.56. The molecule has 4 N–H and O–H groups in total. The van der Waals surface area contributed by atoms with Crippen LogP contribution in [-0.4, -0.2) is 28.5 Å². The molecule has 0 atom stereocenters. The van der Waals surface area contributed by atoms with Gasteiger partial charge in [0.1, 0.15) is 5.75 Å². The topological polar surface area (TPSA) is 145 Å². The minimum absolute atomic E-state index is 0.0654. The molecule has 25 heavy (non-hydrogen) atoms. The molecule has 0 bridgehead atoms. The molecule has 0 spiro atoms. The van der Waals surface area contributed by atoms with Crippen LogP contribution in [0.3, 0.4) is 0 Å². The van der Waals surface area contributed by atoms with E-state index in [0.29, 0.717) is 4.47 Å². The van der Waals surface area contributed by atoms with Crippen molar-refractivity contribution in [2.45, 2.75) is 0 Å². The number of nitrogens with one attached hydrogen (secondary N) is 1. The number of carbonyl (C=O) groups excluding carboxylic acids is 2. The van der Waals surface area contributed by atoms with Crippen molar-refractivity contribution in [2.75, 3.05) is 17.7 Å². The Balaban J connectivity index is 1.98.